The predicted molar refractivity (Wildman–Crippen MR) is 119 cm³/mol. The van der Waals surface area contributed by atoms with Crippen molar-refractivity contribution in [2.24, 2.45) is 10.9 Å². The minimum absolute atomic E-state index is 0.0579. The van der Waals surface area contributed by atoms with Gasteiger partial charge in [0.1, 0.15) is 35.5 Å². The van der Waals surface area contributed by atoms with Gasteiger partial charge in [0, 0.05) is 17.6 Å². The smallest absolute Gasteiger partial charge is 0.352 e. The van der Waals surface area contributed by atoms with E-state index in [4.69, 9.17) is 21.4 Å². The predicted octanol–water partition coefficient (Wildman–Crippen LogP) is -0.827. The topological polar surface area (TPSA) is 211 Å². The number of nitrogens with two attached hydrogens (primary N) is 2. The Morgan fingerprint density at radius 3 is 2.76 bits per heavy atom. The van der Waals surface area contributed by atoms with Crippen molar-refractivity contribution in [1.29, 1.82) is 0 Å². The molecule has 3 heterocycles. The number of hydrogen-bond acceptors (Lipinski definition) is 11. The van der Waals surface area contributed by atoms with E-state index in [1.807, 2.05) is 0 Å². The van der Waals surface area contributed by atoms with Crippen LogP contribution in [0.3, 0.4) is 0 Å². The quantitative estimate of drug-likeness (QED) is 0.117. The van der Waals surface area contributed by atoms with Gasteiger partial charge in [-0.1, -0.05) is 17.8 Å². The van der Waals surface area contributed by atoms with Gasteiger partial charge in [-0.15, -0.1) is 23.1 Å². The van der Waals surface area contributed by atoms with Gasteiger partial charge in [-0.3, -0.25) is 19.3 Å². The molecule has 0 aromatic carbocycles. The van der Waals surface area contributed by atoms with Crippen LogP contribution in [0.4, 0.5) is 5.13 Å². The number of amides is 2. The molecular weight excluding hydrogens is 476 g/mol. The Bertz CT molecular complexity index is 1070. The third kappa shape index (κ3) is 4.99. The molecule has 2 unspecified atom stereocenters. The molecule has 3 atom stereocenters. The van der Waals surface area contributed by atoms with E-state index in [1.165, 1.54) is 23.2 Å². The number of carbonyl (C=O) groups is 4. The van der Waals surface area contributed by atoms with Crippen LogP contribution in [0.5, 0.6) is 0 Å². The maximum absolute atomic E-state index is 12.9. The van der Waals surface area contributed by atoms with Gasteiger partial charge in [-0.05, 0) is 5.57 Å². The highest BCUT2D eigenvalue weighted by Gasteiger charge is 2.54. The molecule has 3 rings (SSSR count). The highest BCUT2D eigenvalue weighted by molar-refractivity contribution is 8.00. The first-order chi connectivity index (χ1) is 15.6. The Labute approximate surface area is 195 Å². The van der Waals surface area contributed by atoms with Crippen molar-refractivity contribution in [2.45, 2.75) is 23.9 Å². The maximum Gasteiger partial charge on any atom is 0.352 e. The SMILES string of the molecule is C=CC1=C(C(=O)O)N2C(=O)C(NC(=O)/C(=N\OCCC(N)C(=O)O)c3csc(N)n3)[C@H]2SC1. The third-order valence-corrected chi connectivity index (χ3v) is 6.68. The number of carbonyl (C=O) groups excluding carboxylic acids is 2. The largest absolute Gasteiger partial charge is 0.480 e. The van der Waals surface area contributed by atoms with E-state index in [-0.39, 0.29) is 35.3 Å². The molecule has 0 radical (unpaired) electrons. The van der Waals surface area contributed by atoms with Crippen LogP contribution in [0.15, 0.2) is 34.5 Å². The first kappa shape index (κ1) is 24.2. The zero-order valence-corrected chi connectivity index (χ0v) is 18.6. The van der Waals surface area contributed by atoms with E-state index in [9.17, 15) is 24.3 Å². The lowest BCUT2D eigenvalue weighted by Gasteiger charge is -2.49. The molecule has 13 nitrogen and oxygen atoms in total. The second-order valence-electron chi connectivity index (χ2n) is 6.82. The molecule has 0 bridgehead atoms. The molecule has 0 saturated carbocycles. The summed E-state index contributed by atoms with van der Waals surface area (Å²) in [5.41, 5.74) is 11.1. The lowest BCUT2D eigenvalue weighted by atomic mass is 10.0. The number of thiazole rings is 1. The Balaban J connectivity index is 1.74. The van der Waals surface area contributed by atoms with Crippen LogP contribution in [0, 0.1) is 0 Å². The summed E-state index contributed by atoms with van der Waals surface area (Å²) in [5.74, 6) is -3.55. The number of thioether (sulfide) groups is 1. The van der Waals surface area contributed by atoms with Crippen molar-refractivity contribution in [3.63, 3.8) is 0 Å². The molecule has 176 valence electrons. The second-order valence-corrected chi connectivity index (χ2v) is 8.82. The normalized spacial score (nSPS) is 21.1. The Hall–Kier alpha value is -3.43. The molecule has 1 fully saturated rings. The highest BCUT2D eigenvalue weighted by Crippen LogP contribution is 2.40. The molecule has 7 N–H and O–H groups in total. The summed E-state index contributed by atoms with van der Waals surface area (Å²) in [5, 5.41) is 25.6. The summed E-state index contributed by atoms with van der Waals surface area (Å²) in [6.07, 6.45) is 1.33. The molecule has 2 amide bonds. The fourth-order valence-corrected chi connectivity index (χ4v) is 4.91. The van der Waals surface area contributed by atoms with Gasteiger partial charge in [-0.25, -0.2) is 9.78 Å². The minimum atomic E-state index is -1.26. The number of aromatic nitrogens is 1. The van der Waals surface area contributed by atoms with Crippen molar-refractivity contribution >= 4 is 57.7 Å². The molecule has 15 heteroatoms. The number of fused-ring (bicyclic) bond motifs is 1. The first-order valence-electron chi connectivity index (χ1n) is 9.39. The first-order valence-corrected chi connectivity index (χ1v) is 11.3. The van der Waals surface area contributed by atoms with Gasteiger partial charge in [-0.2, -0.15) is 0 Å². The molecule has 0 aliphatic carbocycles. The fraction of sp³-hybridized carbons (Fsp3) is 0.333. The molecular formula is C18H20N6O7S2. The summed E-state index contributed by atoms with van der Waals surface area (Å²) in [4.78, 5) is 58.1. The summed E-state index contributed by atoms with van der Waals surface area (Å²) in [6, 6.07) is -2.16. The number of carboxylic acids is 2. The van der Waals surface area contributed by atoms with E-state index >= 15 is 0 Å². The molecule has 33 heavy (non-hydrogen) atoms. The maximum atomic E-state index is 12.9. The van der Waals surface area contributed by atoms with Crippen molar-refractivity contribution in [2.75, 3.05) is 18.1 Å². The van der Waals surface area contributed by atoms with E-state index < -0.39 is 41.2 Å². The van der Waals surface area contributed by atoms with Gasteiger partial charge < -0.3 is 31.8 Å². The number of nitrogens with zero attached hydrogens (tertiary/aromatic N) is 3. The molecule has 1 aromatic rings. The molecule has 2 aliphatic rings. The number of oxime groups is 1. The van der Waals surface area contributed by atoms with Crippen molar-refractivity contribution < 1.29 is 34.2 Å². The second kappa shape index (κ2) is 10.0. The summed E-state index contributed by atoms with van der Waals surface area (Å²) < 4.78 is 0. The fourth-order valence-electron chi connectivity index (χ4n) is 3.02. The van der Waals surface area contributed by atoms with Crippen LogP contribution in [-0.2, 0) is 24.0 Å². The van der Waals surface area contributed by atoms with Crippen LogP contribution in [0.2, 0.25) is 0 Å². The number of nitrogens with one attached hydrogen (secondary N) is 1. The Morgan fingerprint density at radius 2 is 2.18 bits per heavy atom. The van der Waals surface area contributed by atoms with Crippen molar-refractivity contribution in [3.05, 3.63) is 35.0 Å². The number of allylic oxidation sites excluding steroid dienone is 1. The van der Waals surface area contributed by atoms with Crippen molar-refractivity contribution in [3.8, 4) is 0 Å². The molecule has 1 aromatic heterocycles. The summed E-state index contributed by atoms with van der Waals surface area (Å²) in [6.45, 7) is 3.39. The standard InChI is InChI=1S/C18H20N6O7S2/c1-2-7-5-32-15-11(14(26)24(15)12(7)17(29)30)22-13(25)10(9-6-33-18(20)21-9)23-31-4-3-8(19)16(27)28/h2,6,8,11,15H,1,3-5,19H2,(H2,20,21)(H,22,25)(H,27,28)(H,29,30)/b23-10-/t8?,11?,15-/m1/s1. The molecule has 0 spiro atoms. The number of aliphatic carboxylic acids is 2. The summed E-state index contributed by atoms with van der Waals surface area (Å²) in [7, 11) is 0. The lowest BCUT2D eigenvalue weighted by molar-refractivity contribution is -0.150. The number of rotatable bonds is 10. The van der Waals surface area contributed by atoms with Gasteiger partial charge >= 0.3 is 11.9 Å². The highest BCUT2D eigenvalue weighted by atomic mass is 32.2. The van der Waals surface area contributed by atoms with Gasteiger partial charge in [0.25, 0.3) is 11.8 Å². The van der Waals surface area contributed by atoms with Crippen LogP contribution < -0.4 is 16.8 Å². The lowest BCUT2D eigenvalue weighted by Crippen LogP contribution is -2.71. The number of anilines is 1. The van der Waals surface area contributed by atoms with E-state index in [1.54, 1.807) is 0 Å². The van der Waals surface area contributed by atoms with E-state index in [2.05, 4.69) is 22.0 Å². The minimum Gasteiger partial charge on any atom is -0.480 e. The van der Waals surface area contributed by atoms with Crippen LogP contribution in [-0.4, -0.2) is 79.4 Å². The average molecular weight is 497 g/mol. The van der Waals surface area contributed by atoms with Crippen LogP contribution in [0.1, 0.15) is 12.1 Å². The van der Waals surface area contributed by atoms with Gasteiger partial charge in [0.05, 0.1) is 0 Å². The monoisotopic (exact) mass is 496 g/mol. The van der Waals surface area contributed by atoms with Gasteiger partial charge in [0.15, 0.2) is 10.8 Å². The zero-order chi connectivity index (χ0) is 24.3. The number of β-lactam (4-membered cyclic amide) rings is 1. The van der Waals surface area contributed by atoms with Crippen LogP contribution >= 0.6 is 23.1 Å². The third-order valence-electron chi connectivity index (χ3n) is 4.71. The zero-order valence-electron chi connectivity index (χ0n) is 17.0. The van der Waals surface area contributed by atoms with Crippen LogP contribution in [0.25, 0.3) is 0 Å². The molecule has 2 aliphatic heterocycles. The average Bonchev–Trinajstić information content (AvgIpc) is 3.21. The van der Waals surface area contributed by atoms with E-state index in [0.29, 0.717) is 11.3 Å². The Kier molecular flexibility index (Phi) is 7.35. The van der Waals surface area contributed by atoms with Crippen molar-refractivity contribution in [1.82, 2.24) is 15.2 Å². The summed E-state index contributed by atoms with van der Waals surface area (Å²) >= 11 is 2.34. The number of nitrogen functional groups attached to an aromatic ring is 1. The van der Waals surface area contributed by atoms with E-state index in [0.717, 1.165) is 16.2 Å². The van der Waals surface area contributed by atoms with Gasteiger partial charge in [0.2, 0.25) is 0 Å². The Morgan fingerprint density at radius 1 is 1.45 bits per heavy atom. The molecule has 1 saturated heterocycles. The number of hydrogen-bond donors (Lipinski definition) is 5. The number of carboxylic acid groups (broad SMARTS) is 2.